The van der Waals surface area contributed by atoms with Crippen LogP contribution in [-0.2, 0) is 0 Å². The number of ether oxygens (including phenoxy) is 1. The fourth-order valence-corrected chi connectivity index (χ4v) is 2.39. The van der Waals surface area contributed by atoms with Gasteiger partial charge in [-0.3, -0.25) is 4.79 Å². The van der Waals surface area contributed by atoms with E-state index in [1.807, 2.05) is 0 Å². The van der Waals surface area contributed by atoms with Crippen molar-refractivity contribution in [3.63, 3.8) is 0 Å². The monoisotopic (exact) mass is 274 g/mol. The molecule has 4 heteroatoms. The van der Waals surface area contributed by atoms with Gasteiger partial charge in [0.2, 0.25) is 0 Å². The number of carbonyl (C=O) groups excluding carboxylic acids is 1. The zero-order valence-electron chi connectivity index (χ0n) is 11.7. The molecule has 0 atom stereocenters. The third kappa shape index (κ3) is 4.10. The van der Waals surface area contributed by atoms with Crippen LogP contribution in [0, 0.1) is 0 Å². The van der Waals surface area contributed by atoms with Gasteiger partial charge in [0.1, 0.15) is 12.4 Å². The van der Waals surface area contributed by atoms with Gasteiger partial charge in [-0.1, -0.05) is 12.7 Å². The first kappa shape index (κ1) is 14.6. The quantitative estimate of drug-likeness (QED) is 0.809. The maximum absolute atomic E-state index is 12.1. The second-order valence-electron chi connectivity index (χ2n) is 5.21. The van der Waals surface area contributed by atoms with E-state index in [4.69, 9.17) is 10.5 Å². The summed E-state index contributed by atoms with van der Waals surface area (Å²) >= 11 is 0. The first-order valence-electron chi connectivity index (χ1n) is 7.09. The number of hydrogen-bond donors (Lipinski definition) is 2. The molecule has 1 aromatic carbocycles. The number of carbonyl (C=O) groups is 1. The minimum atomic E-state index is -0.0271. The van der Waals surface area contributed by atoms with E-state index in [9.17, 15) is 4.79 Å². The predicted molar refractivity (Wildman–Crippen MR) is 79.8 cm³/mol. The van der Waals surface area contributed by atoms with E-state index < -0.39 is 0 Å². The van der Waals surface area contributed by atoms with Gasteiger partial charge in [-0.05, 0) is 49.9 Å². The first-order valence-corrected chi connectivity index (χ1v) is 7.09. The van der Waals surface area contributed by atoms with Gasteiger partial charge in [0.05, 0.1) is 0 Å². The molecular formula is C16H22N2O2. The van der Waals surface area contributed by atoms with Crippen LogP contribution in [0.15, 0.2) is 36.9 Å². The topological polar surface area (TPSA) is 64.3 Å². The molecule has 1 aliphatic rings. The zero-order valence-corrected chi connectivity index (χ0v) is 11.7. The first-order chi connectivity index (χ1) is 9.69. The molecule has 0 aliphatic heterocycles. The lowest BCUT2D eigenvalue weighted by Gasteiger charge is -2.26. The van der Waals surface area contributed by atoms with E-state index in [1.165, 1.54) is 0 Å². The van der Waals surface area contributed by atoms with Crippen LogP contribution in [0.4, 0.5) is 0 Å². The number of amides is 1. The molecule has 1 aliphatic carbocycles. The van der Waals surface area contributed by atoms with Crippen molar-refractivity contribution in [3.8, 4) is 5.75 Å². The summed E-state index contributed by atoms with van der Waals surface area (Å²) in [7, 11) is 0. The van der Waals surface area contributed by atoms with Gasteiger partial charge in [-0.25, -0.2) is 0 Å². The summed E-state index contributed by atoms with van der Waals surface area (Å²) in [6.07, 6.45) is 5.59. The molecule has 1 aromatic rings. The standard InChI is InChI=1S/C16H22N2O2/c1-2-11-20-15-9-3-12(4-10-15)16(19)18-14-7-5-13(17)6-8-14/h2-4,9-10,13-14H,1,5-8,11,17H2,(H,18,19). The summed E-state index contributed by atoms with van der Waals surface area (Å²) in [5.41, 5.74) is 6.52. The summed E-state index contributed by atoms with van der Waals surface area (Å²) in [4.78, 5) is 12.1. The van der Waals surface area contributed by atoms with Gasteiger partial charge in [0.15, 0.2) is 0 Å². The average Bonchev–Trinajstić information content (AvgIpc) is 2.48. The molecular weight excluding hydrogens is 252 g/mol. The van der Waals surface area contributed by atoms with Crippen LogP contribution in [0.3, 0.4) is 0 Å². The molecule has 1 saturated carbocycles. The van der Waals surface area contributed by atoms with Crippen molar-refractivity contribution in [2.75, 3.05) is 6.61 Å². The molecule has 0 unspecified atom stereocenters. The van der Waals surface area contributed by atoms with E-state index >= 15 is 0 Å². The van der Waals surface area contributed by atoms with Crippen LogP contribution in [0.1, 0.15) is 36.0 Å². The Bertz CT molecular complexity index is 448. The van der Waals surface area contributed by atoms with Crippen molar-refractivity contribution in [2.45, 2.75) is 37.8 Å². The van der Waals surface area contributed by atoms with Crippen molar-refractivity contribution in [2.24, 2.45) is 5.73 Å². The highest BCUT2D eigenvalue weighted by Gasteiger charge is 2.20. The van der Waals surface area contributed by atoms with E-state index in [-0.39, 0.29) is 11.9 Å². The minimum absolute atomic E-state index is 0.0271. The highest BCUT2D eigenvalue weighted by atomic mass is 16.5. The smallest absolute Gasteiger partial charge is 0.251 e. The molecule has 1 fully saturated rings. The number of benzene rings is 1. The van der Waals surface area contributed by atoms with Crippen LogP contribution in [0.2, 0.25) is 0 Å². The molecule has 0 heterocycles. The second-order valence-corrected chi connectivity index (χ2v) is 5.21. The predicted octanol–water partition coefficient (Wildman–Crippen LogP) is 2.25. The van der Waals surface area contributed by atoms with Gasteiger partial charge in [0.25, 0.3) is 5.91 Å². The van der Waals surface area contributed by atoms with Gasteiger partial charge in [0, 0.05) is 17.6 Å². The molecule has 0 bridgehead atoms. The fraction of sp³-hybridized carbons (Fsp3) is 0.438. The Kier molecular flexibility index (Phi) is 5.18. The number of nitrogens with one attached hydrogen (secondary N) is 1. The van der Waals surface area contributed by atoms with Crippen LogP contribution >= 0.6 is 0 Å². The zero-order chi connectivity index (χ0) is 14.4. The SMILES string of the molecule is C=CCOc1ccc(C(=O)NC2CCC(N)CC2)cc1. The number of nitrogens with two attached hydrogens (primary N) is 1. The van der Waals surface area contributed by atoms with Crippen molar-refractivity contribution in [3.05, 3.63) is 42.5 Å². The minimum Gasteiger partial charge on any atom is -0.490 e. The summed E-state index contributed by atoms with van der Waals surface area (Å²) < 4.78 is 5.39. The second kappa shape index (κ2) is 7.10. The van der Waals surface area contributed by atoms with E-state index in [1.54, 1.807) is 30.3 Å². The lowest BCUT2D eigenvalue weighted by atomic mass is 9.91. The van der Waals surface area contributed by atoms with Crippen molar-refractivity contribution < 1.29 is 9.53 Å². The lowest BCUT2D eigenvalue weighted by Crippen LogP contribution is -2.40. The third-order valence-electron chi connectivity index (χ3n) is 3.59. The van der Waals surface area contributed by atoms with Crippen LogP contribution in [-0.4, -0.2) is 24.6 Å². The van der Waals surface area contributed by atoms with Crippen LogP contribution < -0.4 is 15.8 Å². The maximum Gasteiger partial charge on any atom is 0.251 e. The summed E-state index contributed by atoms with van der Waals surface area (Å²) in [6, 6.07) is 7.71. The third-order valence-corrected chi connectivity index (χ3v) is 3.59. The molecule has 2 rings (SSSR count). The Morgan fingerprint density at radius 1 is 1.30 bits per heavy atom. The maximum atomic E-state index is 12.1. The normalized spacial score (nSPS) is 22.1. The molecule has 0 saturated heterocycles. The largest absolute Gasteiger partial charge is 0.490 e. The molecule has 108 valence electrons. The van der Waals surface area contributed by atoms with Crippen molar-refractivity contribution >= 4 is 5.91 Å². The Labute approximate surface area is 120 Å². The van der Waals surface area contributed by atoms with E-state index in [0.717, 1.165) is 31.4 Å². The summed E-state index contributed by atoms with van der Waals surface area (Å²) in [6.45, 7) is 4.06. The van der Waals surface area contributed by atoms with Gasteiger partial charge >= 0.3 is 0 Å². The van der Waals surface area contributed by atoms with E-state index in [0.29, 0.717) is 18.2 Å². The number of hydrogen-bond acceptors (Lipinski definition) is 3. The Morgan fingerprint density at radius 2 is 1.95 bits per heavy atom. The fourth-order valence-electron chi connectivity index (χ4n) is 2.39. The van der Waals surface area contributed by atoms with Gasteiger partial charge in [-0.15, -0.1) is 0 Å². The van der Waals surface area contributed by atoms with Gasteiger partial charge in [-0.2, -0.15) is 0 Å². The lowest BCUT2D eigenvalue weighted by molar-refractivity contribution is 0.0926. The molecule has 0 spiro atoms. The van der Waals surface area contributed by atoms with E-state index in [2.05, 4.69) is 11.9 Å². The summed E-state index contributed by atoms with van der Waals surface area (Å²) in [5, 5.41) is 3.07. The van der Waals surface area contributed by atoms with Crippen molar-refractivity contribution in [1.82, 2.24) is 5.32 Å². The average molecular weight is 274 g/mol. The molecule has 0 radical (unpaired) electrons. The Balaban J connectivity index is 1.87. The number of rotatable bonds is 5. The highest BCUT2D eigenvalue weighted by Crippen LogP contribution is 2.18. The molecule has 4 nitrogen and oxygen atoms in total. The Morgan fingerprint density at radius 3 is 2.55 bits per heavy atom. The van der Waals surface area contributed by atoms with Crippen LogP contribution in [0.25, 0.3) is 0 Å². The molecule has 3 N–H and O–H groups in total. The molecule has 0 aromatic heterocycles. The molecule has 20 heavy (non-hydrogen) atoms. The van der Waals surface area contributed by atoms with Crippen molar-refractivity contribution in [1.29, 1.82) is 0 Å². The Hall–Kier alpha value is -1.81. The van der Waals surface area contributed by atoms with Gasteiger partial charge < -0.3 is 15.8 Å². The highest BCUT2D eigenvalue weighted by molar-refractivity contribution is 5.94. The van der Waals surface area contributed by atoms with Crippen LogP contribution in [0.5, 0.6) is 5.75 Å². The summed E-state index contributed by atoms with van der Waals surface area (Å²) in [5.74, 6) is 0.714. The molecule has 1 amide bonds.